The van der Waals surface area contributed by atoms with E-state index in [1.165, 1.54) is 5.56 Å². The molecule has 2 N–H and O–H groups in total. The lowest BCUT2D eigenvalue weighted by Crippen LogP contribution is -2.38. The minimum atomic E-state index is 0. The largest absolute Gasteiger partial charge is 0.496 e. The maximum absolute atomic E-state index is 5.81. The molecule has 0 aliphatic rings. The Morgan fingerprint density at radius 3 is 2.69 bits per heavy atom. The molecule has 2 rings (SSSR count). The number of hydrogen-bond acceptors (Lipinski definition) is 3. The lowest BCUT2D eigenvalue weighted by atomic mass is 10.1. The normalized spacial score (nSPS) is 10.8. The van der Waals surface area contributed by atoms with Crippen LogP contribution in [0.2, 0.25) is 5.15 Å². The van der Waals surface area contributed by atoms with Crippen molar-refractivity contribution in [3.05, 3.63) is 58.4 Å². The predicted molar refractivity (Wildman–Crippen MR) is 119 cm³/mol. The van der Waals surface area contributed by atoms with Gasteiger partial charge in [0, 0.05) is 24.8 Å². The number of pyridine rings is 1. The molecule has 1 heterocycles. The highest BCUT2D eigenvalue weighted by atomic mass is 127. The topological polar surface area (TPSA) is 58.5 Å². The van der Waals surface area contributed by atoms with E-state index in [1.807, 2.05) is 26.0 Å². The fourth-order valence-electron chi connectivity index (χ4n) is 2.37. The summed E-state index contributed by atoms with van der Waals surface area (Å²) < 4.78 is 5.44. The van der Waals surface area contributed by atoms with Crippen LogP contribution in [0.3, 0.4) is 0 Å². The van der Waals surface area contributed by atoms with E-state index in [0.29, 0.717) is 11.7 Å². The molecule has 0 aliphatic carbocycles. The third-order valence-electron chi connectivity index (χ3n) is 3.69. The molecule has 0 unspecified atom stereocenters. The number of aryl methyl sites for hydroxylation is 1. The Morgan fingerprint density at radius 1 is 1.23 bits per heavy atom. The van der Waals surface area contributed by atoms with Crippen molar-refractivity contribution in [2.75, 3.05) is 20.2 Å². The Bertz CT molecular complexity index is 707. The van der Waals surface area contributed by atoms with Gasteiger partial charge in [-0.1, -0.05) is 29.8 Å². The number of rotatable bonds is 7. The van der Waals surface area contributed by atoms with Crippen molar-refractivity contribution in [2.24, 2.45) is 4.99 Å². The summed E-state index contributed by atoms with van der Waals surface area (Å²) in [5, 5.41) is 7.11. The molecule has 26 heavy (non-hydrogen) atoms. The zero-order chi connectivity index (χ0) is 18.1. The zero-order valence-electron chi connectivity index (χ0n) is 15.4. The van der Waals surface area contributed by atoms with E-state index < -0.39 is 0 Å². The van der Waals surface area contributed by atoms with Crippen LogP contribution in [-0.2, 0) is 13.0 Å². The number of aromatic nitrogens is 1. The SMILES string of the molecule is CCNC(=NCc1ccc(C)cc1OC)NCCc1ccc(Cl)nc1.I. The summed E-state index contributed by atoms with van der Waals surface area (Å²) in [6.07, 6.45) is 2.65. The Hall–Kier alpha value is -1.54. The van der Waals surface area contributed by atoms with E-state index in [1.54, 1.807) is 19.4 Å². The van der Waals surface area contributed by atoms with Gasteiger partial charge in [0.05, 0.1) is 13.7 Å². The van der Waals surface area contributed by atoms with Crippen LogP contribution in [0.1, 0.15) is 23.6 Å². The van der Waals surface area contributed by atoms with Gasteiger partial charge in [-0.3, -0.25) is 0 Å². The van der Waals surface area contributed by atoms with Crippen LogP contribution < -0.4 is 15.4 Å². The first-order chi connectivity index (χ1) is 12.1. The molecule has 0 amide bonds. The van der Waals surface area contributed by atoms with E-state index in [0.717, 1.165) is 42.3 Å². The molecule has 0 aliphatic heterocycles. The number of hydrogen-bond donors (Lipinski definition) is 2. The van der Waals surface area contributed by atoms with Crippen LogP contribution in [0.5, 0.6) is 5.75 Å². The van der Waals surface area contributed by atoms with Crippen molar-refractivity contribution in [1.82, 2.24) is 15.6 Å². The highest BCUT2D eigenvalue weighted by Crippen LogP contribution is 2.20. The van der Waals surface area contributed by atoms with Crippen molar-refractivity contribution >= 4 is 41.5 Å². The molecule has 0 spiro atoms. The molecule has 2 aromatic rings. The second-order valence-electron chi connectivity index (χ2n) is 5.68. The standard InChI is InChI=1S/C19H25ClN4O.HI/c1-4-21-19(22-10-9-15-6-8-18(20)23-12-15)24-13-16-7-5-14(2)11-17(16)25-3;/h5-8,11-12H,4,9-10,13H2,1-3H3,(H2,21,22,24);1H. The molecule has 5 nitrogen and oxygen atoms in total. The molecule has 1 aromatic carbocycles. The third-order valence-corrected chi connectivity index (χ3v) is 3.91. The summed E-state index contributed by atoms with van der Waals surface area (Å²) in [6, 6.07) is 9.94. The first-order valence-electron chi connectivity index (χ1n) is 8.38. The summed E-state index contributed by atoms with van der Waals surface area (Å²) >= 11 is 5.81. The molecule has 7 heteroatoms. The smallest absolute Gasteiger partial charge is 0.191 e. The van der Waals surface area contributed by atoms with Crippen LogP contribution in [-0.4, -0.2) is 31.1 Å². The second kappa shape index (κ2) is 12.0. The average molecular weight is 489 g/mol. The van der Waals surface area contributed by atoms with E-state index in [2.05, 4.69) is 32.7 Å². The summed E-state index contributed by atoms with van der Waals surface area (Å²) in [4.78, 5) is 8.74. The van der Waals surface area contributed by atoms with Gasteiger partial charge >= 0.3 is 0 Å². The van der Waals surface area contributed by atoms with Crippen molar-refractivity contribution < 1.29 is 4.74 Å². The van der Waals surface area contributed by atoms with Crippen LogP contribution >= 0.6 is 35.6 Å². The molecule has 0 saturated carbocycles. The molecule has 1 aromatic heterocycles. The van der Waals surface area contributed by atoms with E-state index >= 15 is 0 Å². The fourth-order valence-corrected chi connectivity index (χ4v) is 2.48. The summed E-state index contributed by atoms with van der Waals surface area (Å²) in [5.74, 6) is 1.65. The Labute approximate surface area is 177 Å². The van der Waals surface area contributed by atoms with E-state index in [4.69, 9.17) is 16.3 Å². The molecule has 0 saturated heterocycles. The van der Waals surface area contributed by atoms with Gasteiger partial charge in [0.25, 0.3) is 0 Å². The first-order valence-corrected chi connectivity index (χ1v) is 8.76. The first kappa shape index (κ1) is 22.5. The number of guanidine groups is 1. The highest BCUT2D eigenvalue weighted by Gasteiger charge is 2.04. The van der Waals surface area contributed by atoms with Crippen LogP contribution in [0.15, 0.2) is 41.5 Å². The van der Waals surface area contributed by atoms with Gasteiger partial charge < -0.3 is 15.4 Å². The van der Waals surface area contributed by atoms with Gasteiger partial charge in [-0.05, 0) is 43.5 Å². The second-order valence-corrected chi connectivity index (χ2v) is 6.06. The number of halogens is 2. The van der Waals surface area contributed by atoms with Gasteiger partial charge in [-0.25, -0.2) is 9.98 Å². The summed E-state index contributed by atoms with van der Waals surface area (Å²) in [5.41, 5.74) is 3.37. The number of benzene rings is 1. The maximum atomic E-state index is 5.81. The Morgan fingerprint density at radius 2 is 2.04 bits per heavy atom. The fraction of sp³-hybridized carbons (Fsp3) is 0.368. The van der Waals surface area contributed by atoms with E-state index in [-0.39, 0.29) is 24.0 Å². The van der Waals surface area contributed by atoms with Crippen LogP contribution in [0, 0.1) is 6.92 Å². The minimum absolute atomic E-state index is 0. The average Bonchev–Trinajstić information content (AvgIpc) is 2.62. The molecule has 0 fully saturated rings. The van der Waals surface area contributed by atoms with Gasteiger partial charge in [0.1, 0.15) is 10.9 Å². The number of nitrogens with one attached hydrogen (secondary N) is 2. The number of ether oxygens (including phenoxy) is 1. The molecule has 0 atom stereocenters. The van der Waals surface area contributed by atoms with Gasteiger partial charge in [-0.2, -0.15) is 0 Å². The van der Waals surface area contributed by atoms with Crippen molar-refractivity contribution in [3.63, 3.8) is 0 Å². The van der Waals surface area contributed by atoms with Crippen molar-refractivity contribution in [1.29, 1.82) is 0 Å². The number of nitrogens with zero attached hydrogens (tertiary/aromatic N) is 2. The van der Waals surface area contributed by atoms with Crippen LogP contribution in [0.25, 0.3) is 0 Å². The Balaban J connectivity index is 0.00000338. The molecule has 0 radical (unpaired) electrons. The monoisotopic (exact) mass is 488 g/mol. The summed E-state index contributed by atoms with van der Waals surface area (Å²) in [7, 11) is 1.69. The van der Waals surface area contributed by atoms with Crippen LogP contribution in [0.4, 0.5) is 0 Å². The Kier molecular flexibility index (Phi) is 10.3. The van der Waals surface area contributed by atoms with Gasteiger partial charge in [0.2, 0.25) is 0 Å². The lowest BCUT2D eigenvalue weighted by molar-refractivity contribution is 0.409. The highest BCUT2D eigenvalue weighted by molar-refractivity contribution is 14.0. The van der Waals surface area contributed by atoms with Crippen molar-refractivity contribution in [2.45, 2.75) is 26.8 Å². The lowest BCUT2D eigenvalue weighted by Gasteiger charge is -2.12. The quantitative estimate of drug-likeness (QED) is 0.268. The maximum Gasteiger partial charge on any atom is 0.191 e. The van der Waals surface area contributed by atoms with E-state index in [9.17, 15) is 0 Å². The zero-order valence-corrected chi connectivity index (χ0v) is 18.5. The summed E-state index contributed by atoms with van der Waals surface area (Å²) in [6.45, 7) is 6.22. The van der Waals surface area contributed by atoms with Gasteiger partial charge in [-0.15, -0.1) is 24.0 Å². The molecule has 0 bridgehead atoms. The predicted octanol–water partition coefficient (Wildman–Crippen LogP) is 3.97. The van der Waals surface area contributed by atoms with Gasteiger partial charge in [0.15, 0.2) is 5.96 Å². The minimum Gasteiger partial charge on any atom is -0.496 e. The molecule has 142 valence electrons. The molecular weight excluding hydrogens is 463 g/mol. The number of aliphatic imine (C=N–C) groups is 1. The van der Waals surface area contributed by atoms with Crippen molar-refractivity contribution in [3.8, 4) is 5.75 Å². The third kappa shape index (κ3) is 7.37. The number of methoxy groups -OCH3 is 1. The molecular formula is C19H26ClIN4O.